The van der Waals surface area contributed by atoms with Gasteiger partial charge in [0.05, 0.1) is 0 Å². The zero-order chi connectivity index (χ0) is 8.36. The largest absolute Gasteiger partial charge is 0.310 e. The van der Waals surface area contributed by atoms with Crippen LogP contribution in [0.5, 0.6) is 0 Å². The van der Waals surface area contributed by atoms with Gasteiger partial charge in [0.15, 0.2) is 7.29 Å². The molecular formula is C6H16NO2P. The van der Waals surface area contributed by atoms with E-state index in [1.165, 1.54) is 0 Å². The van der Waals surface area contributed by atoms with E-state index in [0.717, 1.165) is 0 Å². The second-order valence-electron chi connectivity index (χ2n) is 3.00. The van der Waals surface area contributed by atoms with Gasteiger partial charge in [-0.3, -0.25) is 0 Å². The predicted molar refractivity (Wildman–Crippen MR) is 42.8 cm³/mol. The summed E-state index contributed by atoms with van der Waals surface area (Å²) in [7, 11) is -2.54. The molecule has 0 radical (unpaired) electrons. The smallest absolute Gasteiger partial charge is 0.174 e. The molecule has 0 unspecified atom stereocenters. The third-order valence-electron chi connectivity index (χ3n) is 1.69. The van der Waals surface area contributed by atoms with Gasteiger partial charge in [0, 0.05) is 11.3 Å². The van der Waals surface area contributed by atoms with Crippen molar-refractivity contribution in [2.45, 2.75) is 39.0 Å². The summed E-state index contributed by atoms with van der Waals surface area (Å²) in [5.74, 6) is 0. The first kappa shape index (κ1) is 10.2. The van der Waals surface area contributed by atoms with Gasteiger partial charge in [-0.2, -0.15) is 0 Å². The fraction of sp³-hybridized carbons (Fsp3) is 1.00. The second kappa shape index (κ2) is 3.51. The van der Waals surface area contributed by atoms with E-state index in [-0.39, 0.29) is 11.3 Å². The Morgan fingerprint density at radius 3 is 1.50 bits per heavy atom. The molecule has 0 atom stereocenters. The summed E-state index contributed by atoms with van der Waals surface area (Å²) in [6.45, 7) is 7.35. The molecule has 0 heterocycles. The summed E-state index contributed by atoms with van der Waals surface area (Å²) in [5, 5.41) is 10.5. The van der Waals surface area contributed by atoms with E-state index in [0.29, 0.717) is 0 Å². The van der Waals surface area contributed by atoms with E-state index >= 15 is 0 Å². The van der Waals surface area contributed by atoms with Crippen LogP contribution < -0.4 is 5.25 Å². The molecule has 2 N–H and O–H groups in total. The predicted octanol–water partition coefficient (Wildman–Crippen LogP) is 2.06. The van der Waals surface area contributed by atoms with Crippen molar-refractivity contribution in [3.05, 3.63) is 0 Å². The van der Waals surface area contributed by atoms with E-state index in [2.05, 4.69) is 0 Å². The van der Waals surface area contributed by atoms with E-state index in [4.69, 9.17) is 5.21 Å². The van der Waals surface area contributed by atoms with Crippen molar-refractivity contribution in [1.82, 2.24) is 5.25 Å². The Morgan fingerprint density at radius 2 is 1.50 bits per heavy atom. The Morgan fingerprint density at radius 1 is 1.20 bits per heavy atom. The Kier molecular flexibility index (Phi) is 3.57. The van der Waals surface area contributed by atoms with E-state index in [1.807, 2.05) is 32.9 Å². The van der Waals surface area contributed by atoms with Crippen molar-refractivity contribution in [2.24, 2.45) is 0 Å². The lowest BCUT2D eigenvalue weighted by atomic mass is 10.5. The molecule has 0 saturated heterocycles. The van der Waals surface area contributed by atoms with Gasteiger partial charge in [0.25, 0.3) is 0 Å². The fourth-order valence-corrected chi connectivity index (χ4v) is 2.48. The van der Waals surface area contributed by atoms with E-state index in [1.54, 1.807) is 0 Å². The standard InChI is InChI=1S/C6H16NO2P/c1-5(2)10(9,7-8)6(3)4/h5-6,8H,1-4H3,(H,7,9). The van der Waals surface area contributed by atoms with Gasteiger partial charge in [-0.15, -0.1) is 5.25 Å². The molecule has 3 nitrogen and oxygen atoms in total. The maximum Gasteiger partial charge on any atom is 0.174 e. The molecule has 0 aromatic carbocycles. The molecule has 4 heteroatoms. The molecule has 0 aliphatic carbocycles. The minimum absolute atomic E-state index is 0.00231. The zero-order valence-electron chi connectivity index (χ0n) is 6.96. The van der Waals surface area contributed by atoms with Gasteiger partial charge in [-0.25, -0.2) is 0 Å². The molecule has 0 aromatic heterocycles. The molecule has 0 fully saturated rings. The monoisotopic (exact) mass is 165 g/mol. The summed E-state index contributed by atoms with van der Waals surface area (Å²) < 4.78 is 11.6. The maximum atomic E-state index is 11.6. The van der Waals surface area contributed by atoms with E-state index in [9.17, 15) is 4.57 Å². The van der Waals surface area contributed by atoms with Crippen LogP contribution in [0.3, 0.4) is 0 Å². The highest BCUT2D eigenvalue weighted by molar-refractivity contribution is 7.63. The SMILES string of the molecule is CC(C)P(=O)(NO)C(C)C. The molecule has 62 valence electrons. The fourth-order valence-electron chi connectivity index (χ4n) is 0.827. The molecule has 0 rings (SSSR count). The van der Waals surface area contributed by atoms with Gasteiger partial charge in [0.1, 0.15) is 0 Å². The topological polar surface area (TPSA) is 49.3 Å². The molecule has 0 aromatic rings. The highest BCUT2D eigenvalue weighted by Gasteiger charge is 2.29. The van der Waals surface area contributed by atoms with Crippen LogP contribution in [0.25, 0.3) is 0 Å². The highest BCUT2D eigenvalue weighted by Crippen LogP contribution is 2.49. The van der Waals surface area contributed by atoms with Crippen molar-refractivity contribution in [2.75, 3.05) is 0 Å². The van der Waals surface area contributed by atoms with Gasteiger partial charge in [0.2, 0.25) is 0 Å². The molecule has 10 heavy (non-hydrogen) atoms. The van der Waals surface area contributed by atoms with Gasteiger partial charge in [-0.1, -0.05) is 27.7 Å². The minimum atomic E-state index is -2.54. The maximum absolute atomic E-state index is 11.6. The van der Waals surface area contributed by atoms with Crippen LogP contribution in [0.1, 0.15) is 27.7 Å². The Labute approximate surface area is 62.2 Å². The quantitative estimate of drug-likeness (QED) is 0.497. The molecule has 0 amide bonds. The molecule has 0 spiro atoms. The number of rotatable bonds is 3. The average molecular weight is 165 g/mol. The third kappa shape index (κ3) is 1.82. The first-order valence-electron chi connectivity index (χ1n) is 3.46. The minimum Gasteiger partial charge on any atom is -0.310 e. The molecule has 0 bridgehead atoms. The first-order chi connectivity index (χ1) is 4.45. The first-order valence-corrected chi connectivity index (χ1v) is 5.30. The molecule has 0 saturated carbocycles. The Bertz CT molecular complexity index is 133. The number of nitrogens with one attached hydrogen (secondary N) is 1. The van der Waals surface area contributed by atoms with Gasteiger partial charge < -0.3 is 9.77 Å². The van der Waals surface area contributed by atoms with Crippen molar-refractivity contribution in [3.8, 4) is 0 Å². The third-order valence-corrected chi connectivity index (χ3v) is 5.07. The van der Waals surface area contributed by atoms with Crippen molar-refractivity contribution >= 4 is 7.29 Å². The van der Waals surface area contributed by atoms with Crippen LogP contribution in [0.15, 0.2) is 0 Å². The highest BCUT2D eigenvalue weighted by atomic mass is 31.2. The second-order valence-corrected chi connectivity index (χ2v) is 6.68. The van der Waals surface area contributed by atoms with Crippen molar-refractivity contribution in [3.63, 3.8) is 0 Å². The van der Waals surface area contributed by atoms with Crippen LogP contribution in [-0.2, 0) is 4.57 Å². The zero-order valence-corrected chi connectivity index (χ0v) is 7.85. The average Bonchev–Trinajstić information content (AvgIpc) is 1.85. The molecule has 0 aliphatic heterocycles. The summed E-state index contributed by atoms with van der Waals surface area (Å²) in [6, 6.07) is 0. The summed E-state index contributed by atoms with van der Waals surface area (Å²) in [6.07, 6.45) is 0. The van der Waals surface area contributed by atoms with Crippen LogP contribution in [0, 0.1) is 0 Å². The summed E-state index contributed by atoms with van der Waals surface area (Å²) in [4.78, 5) is 0. The van der Waals surface area contributed by atoms with E-state index < -0.39 is 7.29 Å². The lowest BCUT2D eigenvalue weighted by Gasteiger charge is -2.23. The molecular weight excluding hydrogens is 149 g/mol. The number of hydrogen-bond acceptors (Lipinski definition) is 2. The lowest BCUT2D eigenvalue weighted by Crippen LogP contribution is -2.19. The van der Waals surface area contributed by atoms with Crippen molar-refractivity contribution < 1.29 is 9.77 Å². The van der Waals surface area contributed by atoms with Gasteiger partial charge in [-0.05, 0) is 0 Å². The normalized spacial score (nSPS) is 13.1. The molecule has 0 aliphatic rings. The number of hydrogen-bond donors (Lipinski definition) is 2. The summed E-state index contributed by atoms with van der Waals surface area (Å²) >= 11 is 0. The van der Waals surface area contributed by atoms with Crippen LogP contribution in [-0.4, -0.2) is 16.5 Å². The van der Waals surface area contributed by atoms with Crippen LogP contribution >= 0.6 is 7.29 Å². The van der Waals surface area contributed by atoms with Gasteiger partial charge >= 0.3 is 0 Å². The Hall–Kier alpha value is 0.150. The Balaban J connectivity index is 4.40. The van der Waals surface area contributed by atoms with Crippen LogP contribution in [0.2, 0.25) is 0 Å². The van der Waals surface area contributed by atoms with Crippen molar-refractivity contribution in [1.29, 1.82) is 0 Å². The lowest BCUT2D eigenvalue weighted by molar-refractivity contribution is 0.237. The van der Waals surface area contributed by atoms with Crippen LogP contribution in [0.4, 0.5) is 0 Å². The summed E-state index contributed by atoms with van der Waals surface area (Å²) in [5.41, 5.74) is -0.00463.